The summed E-state index contributed by atoms with van der Waals surface area (Å²) < 4.78 is 5.18. The number of methoxy groups -OCH3 is 1. The summed E-state index contributed by atoms with van der Waals surface area (Å²) in [6.45, 7) is 0. The highest BCUT2D eigenvalue weighted by Crippen LogP contribution is 2.26. The maximum atomic E-state index is 5.18. The largest absolute Gasteiger partial charge is 0.496 e. The van der Waals surface area contributed by atoms with Crippen LogP contribution in [0.3, 0.4) is 0 Å². The lowest BCUT2D eigenvalue weighted by atomic mass is 10.0. The molecule has 0 fully saturated rings. The number of hydrogen-bond acceptors (Lipinski definition) is 1. The van der Waals surface area contributed by atoms with Crippen LogP contribution in [0.25, 0.3) is 21.9 Å². The highest BCUT2D eigenvalue weighted by Gasteiger charge is 2.00. The quantitative estimate of drug-likeness (QED) is 0.640. The molecule has 0 N–H and O–H groups in total. The van der Waals surface area contributed by atoms with E-state index in [4.69, 9.17) is 4.74 Å². The van der Waals surface area contributed by atoms with Crippen molar-refractivity contribution in [1.29, 1.82) is 0 Å². The summed E-state index contributed by atoms with van der Waals surface area (Å²) >= 11 is 0. The Hall–Kier alpha value is -2.28. The van der Waals surface area contributed by atoms with Crippen molar-refractivity contribution in [2.24, 2.45) is 0 Å². The van der Waals surface area contributed by atoms with Crippen molar-refractivity contribution in [2.45, 2.75) is 0 Å². The van der Waals surface area contributed by atoms with Gasteiger partial charge in [0.05, 0.1) is 7.11 Å². The van der Waals surface area contributed by atoms with Crippen LogP contribution in [0.2, 0.25) is 0 Å². The summed E-state index contributed by atoms with van der Waals surface area (Å²) in [6.07, 6.45) is 0. The van der Waals surface area contributed by atoms with Gasteiger partial charge in [-0.1, -0.05) is 48.5 Å². The van der Waals surface area contributed by atoms with Gasteiger partial charge in [0.1, 0.15) is 5.75 Å². The Balaban J connectivity index is 2.12. The Kier molecular flexibility index (Phi) is 2.73. The standard InChI is InChI=1S/C17H13O/c1-18-17-10-9-15-11-14(7-8-16(15)12-17)13-5-3-2-4-6-13/h2-11H,1H3. The molecule has 1 radical (unpaired) electrons. The van der Waals surface area contributed by atoms with Crippen LogP contribution in [0.5, 0.6) is 5.75 Å². The van der Waals surface area contributed by atoms with Gasteiger partial charge in [-0.25, -0.2) is 0 Å². The zero-order chi connectivity index (χ0) is 12.4. The van der Waals surface area contributed by atoms with E-state index in [1.54, 1.807) is 7.11 Å². The van der Waals surface area contributed by atoms with Crippen LogP contribution >= 0.6 is 0 Å². The number of rotatable bonds is 2. The van der Waals surface area contributed by atoms with Gasteiger partial charge in [-0.3, -0.25) is 0 Å². The van der Waals surface area contributed by atoms with Gasteiger partial charge in [0.25, 0.3) is 0 Å². The number of ether oxygens (including phenoxy) is 1. The molecule has 0 bridgehead atoms. The lowest BCUT2D eigenvalue weighted by molar-refractivity contribution is 0.414. The van der Waals surface area contributed by atoms with Gasteiger partial charge in [0.2, 0.25) is 0 Å². The molecule has 87 valence electrons. The highest BCUT2D eigenvalue weighted by atomic mass is 16.5. The summed E-state index contributed by atoms with van der Waals surface area (Å²) in [5.41, 5.74) is 2.46. The summed E-state index contributed by atoms with van der Waals surface area (Å²) in [5, 5.41) is 2.26. The first-order valence-corrected chi connectivity index (χ1v) is 5.92. The monoisotopic (exact) mass is 233 g/mol. The van der Waals surface area contributed by atoms with Crippen LogP contribution in [-0.2, 0) is 0 Å². The van der Waals surface area contributed by atoms with E-state index in [0.717, 1.165) is 11.1 Å². The topological polar surface area (TPSA) is 9.23 Å². The molecule has 0 aliphatic carbocycles. The van der Waals surface area contributed by atoms with Crippen molar-refractivity contribution in [2.75, 3.05) is 7.11 Å². The molecule has 0 saturated carbocycles. The second-order valence-electron chi connectivity index (χ2n) is 4.19. The lowest BCUT2D eigenvalue weighted by Crippen LogP contribution is -1.83. The van der Waals surface area contributed by atoms with E-state index in [9.17, 15) is 0 Å². The Morgan fingerprint density at radius 2 is 1.67 bits per heavy atom. The van der Waals surface area contributed by atoms with E-state index < -0.39 is 0 Å². The molecular weight excluding hydrogens is 220 g/mol. The molecule has 0 aliphatic heterocycles. The van der Waals surface area contributed by atoms with Crippen molar-refractivity contribution in [3.8, 4) is 16.9 Å². The fraction of sp³-hybridized carbons (Fsp3) is 0.0588. The Morgan fingerprint density at radius 1 is 0.833 bits per heavy atom. The van der Waals surface area contributed by atoms with Crippen molar-refractivity contribution >= 4 is 10.8 Å². The molecule has 0 aliphatic rings. The predicted molar refractivity (Wildman–Crippen MR) is 74.8 cm³/mol. The molecule has 0 amide bonds. The minimum absolute atomic E-state index is 0.773. The summed E-state index contributed by atoms with van der Waals surface area (Å²) in [5.74, 6) is 0.773. The van der Waals surface area contributed by atoms with E-state index in [-0.39, 0.29) is 0 Å². The smallest absolute Gasteiger partial charge is 0.127 e. The molecule has 0 spiro atoms. The van der Waals surface area contributed by atoms with Gasteiger partial charge >= 0.3 is 0 Å². The normalized spacial score (nSPS) is 10.5. The van der Waals surface area contributed by atoms with Gasteiger partial charge in [-0.15, -0.1) is 0 Å². The number of hydrogen-bond donors (Lipinski definition) is 0. The minimum atomic E-state index is 0.773. The fourth-order valence-corrected chi connectivity index (χ4v) is 2.08. The van der Waals surface area contributed by atoms with Gasteiger partial charge in [0, 0.05) is 6.07 Å². The van der Waals surface area contributed by atoms with Crippen molar-refractivity contribution in [3.63, 3.8) is 0 Å². The van der Waals surface area contributed by atoms with Gasteiger partial charge in [0.15, 0.2) is 0 Å². The molecule has 0 saturated heterocycles. The van der Waals surface area contributed by atoms with Crippen LogP contribution in [0.4, 0.5) is 0 Å². The molecule has 0 unspecified atom stereocenters. The predicted octanol–water partition coefficient (Wildman–Crippen LogP) is 4.32. The third-order valence-electron chi connectivity index (χ3n) is 3.05. The third kappa shape index (κ3) is 1.95. The second-order valence-corrected chi connectivity index (χ2v) is 4.19. The van der Waals surface area contributed by atoms with Crippen molar-refractivity contribution in [3.05, 3.63) is 66.7 Å². The number of fused-ring (bicyclic) bond motifs is 1. The Morgan fingerprint density at radius 3 is 2.44 bits per heavy atom. The highest BCUT2D eigenvalue weighted by molar-refractivity contribution is 5.87. The van der Waals surface area contributed by atoms with Crippen LogP contribution in [0.1, 0.15) is 0 Å². The molecule has 1 heteroatoms. The average molecular weight is 233 g/mol. The zero-order valence-electron chi connectivity index (χ0n) is 10.2. The lowest BCUT2D eigenvalue weighted by Gasteiger charge is -2.05. The van der Waals surface area contributed by atoms with Crippen LogP contribution in [0.15, 0.2) is 60.7 Å². The molecule has 3 aromatic carbocycles. The van der Waals surface area contributed by atoms with Crippen molar-refractivity contribution in [1.82, 2.24) is 0 Å². The van der Waals surface area contributed by atoms with E-state index >= 15 is 0 Å². The van der Waals surface area contributed by atoms with Crippen LogP contribution < -0.4 is 4.74 Å². The number of benzene rings is 3. The third-order valence-corrected chi connectivity index (χ3v) is 3.05. The van der Waals surface area contributed by atoms with Gasteiger partial charge in [-0.05, 0) is 34.0 Å². The SMILES string of the molecule is COc1[c]c2ccc(-c3ccccc3)cc2cc1. The zero-order valence-corrected chi connectivity index (χ0v) is 10.2. The second kappa shape index (κ2) is 4.53. The molecular formula is C17H13O. The van der Waals surface area contributed by atoms with E-state index in [2.05, 4.69) is 54.6 Å². The molecule has 1 nitrogen and oxygen atoms in total. The van der Waals surface area contributed by atoms with Gasteiger partial charge < -0.3 is 4.74 Å². The molecule has 18 heavy (non-hydrogen) atoms. The average Bonchev–Trinajstić information content (AvgIpc) is 2.47. The fourth-order valence-electron chi connectivity index (χ4n) is 2.08. The van der Waals surface area contributed by atoms with Gasteiger partial charge in [-0.2, -0.15) is 0 Å². The van der Waals surface area contributed by atoms with Crippen LogP contribution in [-0.4, -0.2) is 7.11 Å². The maximum absolute atomic E-state index is 5.18. The van der Waals surface area contributed by atoms with Crippen molar-refractivity contribution < 1.29 is 4.74 Å². The molecule has 0 aromatic heterocycles. The van der Waals surface area contributed by atoms with E-state index in [1.807, 2.05) is 12.1 Å². The molecule has 3 rings (SSSR count). The van der Waals surface area contributed by atoms with Crippen LogP contribution in [0, 0.1) is 6.07 Å². The molecule has 0 atom stereocenters. The summed E-state index contributed by atoms with van der Waals surface area (Å²) in [4.78, 5) is 0. The van der Waals surface area contributed by atoms with E-state index in [0.29, 0.717) is 0 Å². The summed E-state index contributed by atoms with van der Waals surface area (Å²) in [7, 11) is 1.66. The minimum Gasteiger partial charge on any atom is -0.496 e. The summed E-state index contributed by atoms with van der Waals surface area (Å²) in [6, 6.07) is 24.0. The maximum Gasteiger partial charge on any atom is 0.127 e. The molecule has 3 aromatic rings. The Bertz CT molecular complexity index is 672. The first-order valence-electron chi connectivity index (χ1n) is 5.92. The van der Waals surface area contributed by atoms with E-state index in [1.165, 1.54) is 16.5 Å². The molecule has 0 heterocycles. The first-order chi connectivity index (χ1) is 8.86. The first kappa shape index (κ1) is 10.8. The Labute approximate surface area is 107 Å².